The van der Waals surface area contributed by atoms with E-state index in [9.17, 15) is 4.39 Å². The zero-order chi connectivity index (χ0) is 23.4. The molecule has 176 valence electrons. The van der Waals surface area contributed by atoms with Gasteiger partial charge in [-0.25, -0.2) is 9.37 Å². The Balaban J connectivity index is 1.40. The van der Waals surface area contributed by atoms with Gasteiger partial charge in [0.1, 0.15) is 16.6 Å². The van der Waals surface area contributed by atoms with Gasteiger partial charge in [-0.15, -0.1) is 0 Å². The van der Waals surface area contributed by atoms with Crippen molar-refractivity contribution in [1.82, 2.24) is 24.7 Å². The molecule has 11 heteroatoms. The van der Waals surface area contributed by atoms with Crippen molar-refractivity contribution >= 4 is 44.4 Å². The Morgan fingerprint density at radius 1 is 1.21 bits per heavy atom. The first-order chi connectivity index (χ1) is 16.5. The van der Waals surface area contributed by atoms with Crippen LogP contribution in [-0.4, -0.2) is 51.0 Å². The van der Waals surface area contributed by atoms with Crippen molar-refractivity contribution in [2.45, 2.75) is 38.0 Å². The molecule has 1 saturated heterocycles. The highest BCUT2D eigenvalue weighted by Crippen LogP contribution is 2.38. The van der Waals surface area contributed by atoms with Crippen molar-refractivity contribution in [1.29, 1.82) is 0 Å². The number of ether oxygens (including phenoxy) is 1. The first-order valence-electron chi connectivity index (χ1n) is 11.2. The van der Waals surface area contributed by atoms with Crippen molar-refractivity contribution < 1.29 is 9.13 Å². The van der Waals surface area contributed by atoms with Gasteiger partial charge in [0.15, 0.2) is 10.8 Å². The summed E-state index contributed by atoms with van der Waals surface area (Å²) >= 11 is 7.39. The third-order valence-corrected chi connectivity index (χ3v) is 7.40. The number of benzene rings is 1. The van der Waals surface area contributed by atoms with Gasteiger partial charge in [-0.3, -0.25) is 4.68 Å². The number of hydrogen-bond donors (Lipinski definition) is 1. The summed E-state index contributed by atoms with van der Waals surface area (Å²) < 4.78 is 23.9. The second-order valence-corrected chi connectivity index (χ2v) is 10.2. The predicted molar refractivity (Wildman–Crippen MR) is 131 cm³/mol. The summed E-state index contributed by atoms with van der Waals surface area (Å²) in [6, 6.07) is 5.13. The molecular weight excluding hydrogens is 477 g/mol. The van der Waals surface area contributed by atoms with Gasteiger partial charge in [-0.1, -0.05) is 22.9 Å². The molecule has 2 atom stereocenters. The summed E-state index contributed by atoms with van der Waals surface area (Å²) in [6.45, 7) is 3.22. The lowest BCUT2D eigenvalue weighted by Gasteiger charge is -2.36. The number of fused-ring (bicyclic) bond motifs is 1. The highest BCUT2D eigenvalue weighted by Gasteiger charge is 2.32. The van der Waals surface area contributed by atoms with Gasteiger partial charge in [0.05, 0.1) is 30.6 Å². The largest absolute Gasteiger partial charge is 0.367 e. The van der Waals surface area contributed by atoms with Crippen LogP contribution in [0.5, 0.6) is 0 Å². The number of aromatic nitrogens is 5. The van der Waals surface area contributed by atoms with Gasteiger partial charge in [-0.2, -0.15) is 15.1 Å². The van der Waals surface area contributed by atoms with E-state index in [4.69, 9.17) is 26.3 Å². The summed E-state index contributed by atoms with van der Waals surface area (Å²) in [5.41, 5.74) is 2.44. The monoisotopic (exact) mass is 499 g/mol. The summed E-state index contributed by atoms with van der Waals surface area (Å²) in [4.78, 5) is 16.3. The molecular formula is C23H23ClFN7OS. The maximum absolute atomic E-state index is 14.9. The van der Waals surface area contributed by atoms with Crippen LogP contribution in [0.3, 0.4) is 0 Å². The average Bonchev–Trinajstić information content (AvgIpc) is 3.39. The molecule has 0 bridgehead atoms. The molecule has 34 heavy (non-hydrogen) atoms. The van der Waals surface area contributed by atoms with Gasteiger partial charge in [0.25, 0.3) is 0 Å². The van der Waals surface area contributed by atoms with Crippen LogP contribution in [0, 0.1) is 5.82 Å². The van der Waals surface area contributed by atoms with E-state index in [2.05, 4.69) is 26.5 Å². The Kier molecular flexibility index (Phi) is 5.39. The number of hydrogen-bond acceptors (Lipinski definition) is 8. The van der Waals surface area contributed by atoms with E-state index < -0.39 is 5.82 Å². The molecule has 0 radical (unpaired) electrons. The second kappa shape index (κ2) is 8.44. The second-order valence-electron chi connectivity index (χ2n) is 8.74. The molecule has 8 nitrogen and oxygen atoms in total. The maximum atomic E-state index is 14.9. The molecule has 0 spiro atoms. The van der Waals surface area contributed by atoms with Crippen molar-refractivity contribution in [2.24, 2.45) is 0 Å². The molecule has 2 fully saturated rings. The number of nitrogens with zero attached hydrogens (tertiary/aromatic N) is 6. The normalized spacial score (nSPS) is 20.8. The molecule has 0 amide bonds. The van der Waals surface area contributed by atoms with Crippen LogP contribution in [-0.2, 0) is 4.74 Å². The van der Waals surface area contributed by atoms with Crippen molar-refractivity contribution in [3.63, 3.8) is 0 Å². The molecule has 1 aromatic carbocycles. The fourth-order valence-corrected chi connectivity index (χ4v) is 5.30. The number of nitrogens with one attached hydrogen (secondary N) is 1. The van der Waals surface area contributed by atoms with Crippen molar-refractivity contribution in [2.75, 3.05) is 30.4 Å². The molecule has 3 aromatic heterocycles. The third kappa shape index (κ3) is 3.99. The van der Waals surface area contributed by atoms with Gasteiger partial charge in [0.2, 0.25) is 5.95 Å². The predicted octanol–water partition coefficient (Wildman–Crippen LogP) is 5.09. The Hall–Kier alpha value is -2.82. The lowest BCUT2D eigenvalue weighted by molar-refractivity contribution is -0.0178. The Labute approximate surface area is 204 Å². The lowest BCUT2D eigenvalue weighted by atomic mass is 10.1. The lowest BCUT2D eigenvalue weighted by Crippen LogP contribution is -2.43. The summed E-state index contributed by atoms with van der Waals surface area (Å²) in [5.74, 6) is 0.0677. The van der Waals surface area contributed by atoms with E-state index in [0.29, 0.717) is 52.1 Å². The van der Waals surface area contributed by atoms with Crippen molar-refractivity contribution in [3.05, 3.63) is 47.0 Å². The van der Waals surface area contributed by atoms with Gasteiger partial charge in [-0.05, 0) is 38.0 Å². The van der Waals surface area contributed by atoms with E-state index in [1.54, 1.807) is 19.2 Å². The maximum Gasteiger partial charge on any atom is 0.228 e. The highest BCUT2D eigenvalue weighted by molar-refractivity contribution is 7.22. The first-order valence-corrected chi connectivity index (χ1v) is 12.4. The van der Waals surface area contributed by atoms with Crippen LogP contribution in [0.25, 0.3) is 21.6 Å². The van der Waals surface area contributed by atoms with Gasteiger partial charge < -0.3 is 15.0 Å². The fourth-order valence-electron chi connectivity index (χ4n) is 4.28. The molecule has 1 N–H and O–H groups in total. The summed E-state index contributed by atoms with van der Waals surface area (Å²) in [6.07, 6.45) is 6.12. The standard InChI is InChI=1S/C23H23ClFN7OS/c1-12-9-31(11-18(33-12)13-8-27-32(10-13)15-4-5-15)22-28-19(16-6-3-14(24)7-17(16)25)20-21(29-22)30-23(26-2)34-20/h3,6-8,10,12,15,18H,4-5,9,11H2,1-2H3,(H,26,28,29,30)/t12-,18-/m0/s1. The Morgan fingerprint density at radius 2 is 2.06 bits per heavy atom. The summed E-state index contributed by atoms with van der Waals surface area (Å²) in [5, 5.41) is 8.60. The zero-order valence-electron chi connectivity index (χ0n) is 18.7. The van der Waals surface area contributed by atoms with E-state index in [-0.39, 0.29) is 12.2 Å². The minimum Gasteiger partial charge on any atom is -0.367 e. The molecule has 4 heterocycles. The molecule has 4 aromatic rings. The smallest absolute Gasteiger partial charge is 0.228 e. The zero-order valence-corrected chi connectivity index (χ0v) is 20.3. The average molecular weight is 500 g/mol. The SMILES string of the molecule is CNc1nc2nc(N3C[C@@H](c4cnn(C5CC5)c4)O[C@@H](C)C3)nc(-c3ccc(Cl)cc3F)c2s1. The molecule has 0 unspecified atom stereocenters. The molecule has 1 aliphatic carbocycles. The van der Waals surface area contributed by atoms with Crippen LogP contribution < -0.4 is 10.2 Å². The molecule has 6 rings (SSSR count). The Morgan fingerprint density at radius 3 is 2.82 bits per heavy atom. The van der Waals surface area contributed by atoms with Gasteiger partial charge >= 0.3 is 0 Å². The highest BCUT2D eigenvalue weighted by atomic mass is 35.5. The van der Waals surface area contributed by atoms with Crippen LogP contribution in [0.1, 0.15) is 37.5 Å². The number of thiazole rings is 1. The molecule has 1 aliphatic heterocycles. The van der Waals surface area contributed by atoms with E-state index in [1.165, 1.54) is 30.2 Å². The molecule has 1 saturated carbocycles. The fraction of sp³-hybridized carbons (Fsp3) is 0.391. The topological polar surface area (TPSA) is 81.0 Å². The number of rotatable bonds is 5. The number of halogens is 2. The number of morpholine rings is 1. The van der Waals surface area contributed by atoms with E-state index in [0.717, 1.165) is 10.3 Å². The van der Waals surface area contributed by atoms with E-state index >= 15 is 0 Å². The third-order valence-electron chi connectivity index (χ3n) is 6.10. The summed E-state index contributed by atoms with van der Waals surface area (Å²) in [7, 11) is 1.80. The van der Waals surface area contributed by atoms with Crippen LogP contribution >= 0.6 is 22.9 Å². The minimum atomic E-state index is -0.432. The Bertz CT molecular complexity index is 1370. The van der Waals surface area contributed by atoms with Gasteiger partial charge in [0, 0.05) is 35.9 Å². The van der Waals surface area contributed by atoms with Crippen molar-refractivity contribution in [3.8, 4) is 11.3 Å². The number of anilines is 2. The van der Waals surface area contributed by atoms with Crippen LogP contribution in [0.15, 0.2) is 30.6 Å². The van der Waals surface area contributed by atoms with E-state index in [1.807, 2.05) is 17.8 Å². The van der Waals surface area contributed by atoms with Crippen LogP contribution in [0.2, 0.25) is 5.02 Å². The quantitative estimate of drug-likeness (QED) is 0.410. The van der Waals surface area contributed by atoms with Crippen LogP contribution in [0.4, 0.5) is 15.5 Å². The first kappa shape index (κ1) is 21.7. The minimum absolute atomic E-state index is 0.0404. The molecule has 2 aliphatic rings.